The number of ether oxygens (including phenoxy) is 1. The molecule has 1 fully saturated rings. The van der Waals surface area contributed by atoms with Gasteiger partial charge in [-0.1, -0.05) is 55.5 Å². The second kappa shape index (κ2) is 10.3. The number of hydrogen-bond acceptors (Lipinski definition) is 4. The van der Waals surface area contributed by atoms with E-state index in [4.69, 9.17) is 4.74 Å². The van der Waals surface area contributed by atoms with Crippen molar-refractivity contribution in [3.8, 4) is 11.1 Å². The zero-order valence-corrected chi connectivity index (χ0v) is 19.7. The van der Waals surface area contributed by atoms with Gasteiger partial charge in [0.05, 0.1) is 5.92 Å². The molecule has 2 aromatic carbocycles. The molecule has 2 amide bonds. The van der Waals surface area contributed by atoms with Crippen LogP contribution in [0.15, 0.2) is 48.5 Å². The first-order valence-corrected chi connectivity index (χ1v) is 12.0. The number of hydrogen-bond donors (Lipinski definition) is 2. The number of aliphatic carboxylic acids is 1. The van der Waals surface area contributed by atoms with Crippen molar-refractivity contribution >= 4 is 18.0 Å². The molecule has 0 aromatic heterocycles. The quantitative estimate of drug-likeness (QED) is 0.633. The highest BCUT2D eigenvalue weighted by atomic mass is 16.5. The lowest BCUT2D eigenvalue weighted by molar-refractivity contribution is -0.147. The third kappa shape index (κ3) is 4.93. The van der Waals surface area contributed by atoms with Crippen molar-refractivity contribution < 1.29 is 24.2 Å². The predicted molar refractivity (Wildman–Crippen MR) is 128 cm³/mol. The van der Waals surface area contributed by atoms with E-state index in [0.29, 0.717) is 25.8 Å². The predicted octanol–water partition coefficient (Wildman–Crippen LogP) is 4.41. The van der Waals surface area contributed by atoms with Crippen LogP contribution < -0.4 is 5.32 Å². The Balaban J connectivity index is 1.32. The number of carboxylic acids is 1. The summed E-state index contributed by atoms with van der Waals surface area (Å²) in [4.78, 5) is 38.5. The Morgan fingerprint density at radius 2 is 1.71 bits per heavy atom. The molecule has 34 heavy (non-hydrogen) atoms. The van der Waals surface area contributed by atoms with Crippen LogP contribution in [0.2, 0.25) is 0 Å². The van der Waals surface area contributed by atoms with E-state index in [2.05, 4.69) is 29.6 Å². The lowest BCUT2D eigenvalue weighted by Crippen LogP contribution is -2.48. The van der Waals surface area contributed by atoms with E-state index in [0.717, 1.165) is 11.1 Å². The Bertz CT molecular complexity index is 1020. The first-order chi connectivity index (χ1) is 16.4. The maximum atomic E-state index is 12.9. The summed E-state index contributed by atoms with van der Waals surface area (Å²) in [5, 5.41) is 12.1. The molecule has 2 N–H and O–H groups in total. The number of nitrogens with one attached hydrogen (secondary N) is 1. The van der Waals surface area contributed by atoms with E-state index in [1.165, 1.54) is 11.1 Å². The Kier molecular flexibility index (Phi) is 7.20. The molecule has 1 heterocycles. The summed E-state index contributed by atoms with van der Waals surface area (Å²) < 4.78 is 5.62. The number of amides is 2. The van der Waals surface area contributed by atoms with Gasteiger partial charge in [0.25, 0.3) is 0 Å². The highest BCUT2D eigenvalue weighted by molar-refractivity contribution is 5.80. The number of carbonyl (C=O) groups excluding carboxylic acids is 2. The molecule has 0 bridgehead atoms. The standard InChI is InChI=1S/C27H32N2O5/c1-3-19(15-25(30)29-13-12-18(26(31)32)14-17(29)2)28-27(33)34-16-24-22-10-6-4-8-20(22)21-9-5-7-11-23(21)24/h4-11,17-19,24H,3,12-16H2,1-2H3,(H,28,33)(H,31,32)/t17-,18-,19-/m1/s1. The van der Waals surface area contributed by atoms with Crippen LogP contribution in [0.5, 0.6) is 0 Å². The average Bonchev–Trinajstić information content (AvgIpc) is 3.15. The number of alkyl carbamates (subject to hydrolysis) is 1. The molecule has 4 rings (SSSR count). The fourth-order valence-corrected chi connectivity index (χ4v) is 5.20. The molecular formula is C27H32N2O5. The van der Waals surface area contributed by atoms with Gasteiger partial charge in [0, 0.05) is 31.0 Å². The van der Waals surface area contributed by atoms with E-state index in [1.807, 2.05) is 38.1 Å². The second-order valence-electron chi connectivity index (χ2n) is 9.27. The molecule has 180 valence electrons. The average molecular weight is 465 g/mol. The summed E-state index contributed by atoms with van der Waals surface area (Å²) in [6.07, 6.45) is 1.15. The third-order valence-electron chi connectivity index (χ3n) is 7.13. The van der Waals surface area contributed by atoms with Crippen LogP contribution in [0.3, 0.4) is 0 Å². The smallest absolute Gasteiger partial charge is 0.407 e. The monoisotopic (exact) mass is 464 g/mol. The van der Waals surface area contributed by atoms with E-state index in [-0.39, 0.29) is 36.9 Å². The molecule has 0 unspecified atom stereocenters. The van der Waals surface area contributed by atoms with Crippen molar-refractivity contribution in [2.45, 2.75) is 57.5 Å². The number of fused-ring (bicyclic) bond motifs is 3. The van der Waals surface area contributed by atoms with Crippen molar-refractivity contribution in [1.82, 2.24) is 10.2 Å². The zero-order valence-electron chi connectivity index (χ0n) is 19.7. The molecule has 1 saturated heterocycles. The minimum atomic E-state index is -0.803. The molecule has 3 atom stereocenters. The number of rotatable bonds is 7. The van der Waals surface area contributed by atoms with E-state index in [1.54, 1.807) is 4.90 Å². The summed E-state index contributed by atoms with van der Waals surface area (Å²) in [6, 6.07) is 15.9. The van der Waals surface area contributed by atoms with Crippen molar-refractivity contribution in [1.29, 1.82) is 0 Å². The Hall–Kier alpha value is -3.35. The van der Waals surface area contributed by atoms with Crippen molar-refractivity contribution in [2.75, 3.05) is 13.2 Å². The Morgan fingerprint density at radius 3 is 2.26 bits per heavy atom. The van der Waals surface area contributed by atoms with Crippen LogP contribution in [0.25, 0.3) is 11.1 Å². The zero-order chi connectivity index (χ0) is 24.2. The van der Waals surface area contributed by atoms with Gasteiger partial charge < -0.3 is 20.1 Å². The molecule has 2 aromatic rings. The van der Waals surface area contributed by atoms with Gasteiger partial charge in [-0.05, 0) is 48.4 Å². The van der Waals surface area contributed by atoms with Crippen LogP contribution in [0.4, 0.5) is 4.79 Å². The molecule has 7 heteroatoms. The van der Waals surface area contributed by atoms with Crippen LogP contribution in [-0.4, -0.2) is 53.2 Å². The summed E-state index contributed by atoms with van der Waals surface area (Å²) in [6.45, 7) is 4.46. The van der Waals surface area contributed by atoms with Crippen LogP contribution in [0.1, 0.15) is 56.6 Å². The highest BCUT2D eigenvalue weighted by Gasteiger charge is 2.33. The number of carboxylic acid groups (broad SMARTS) is 1. The fraction of sp³-hybridized carbons (Fsp3) is 0.444. The van der Waals surface area contributed by atoms with Crippen molar-refractivity contribution in [2.24, 2.45) is 5.92 Å². The van der Waals surface area contributed by atoms with Crippen LogP contribution in [-0.2, 0) is 14.3 Å². The topological polar surface area (TPSA) is 95.9 Å². The van der Waals surface area contributed by atoms with Gasteiger partial charge in [-0.15, -0.1) is 0 Å². The highest BCUT2D eigenvalue weighted by Crippen LogP contribution is 2.44. The summed E-state index contributed by atoms with van der Waals surface area (Å²) in [5.74, 6) is -1.29. The van der Waals surface area contributed by atoms with Gasteiger partial charge in [0.15, 0.2) is 0 Å². The van der Waals surface area contributed by atoms with Gasteiger partial charge in [0.2, 0.25) is 5.91 Å². The van der Waals surface area contributed by atoms with E-state index in [9.17, 15) is 19.5 Å². The van der Waals surface area contributed by atoms with Crippen LogP contribution >= 0.6 is 0 Å². The minimum absolute atomic E-state index is 0.0174. The molecule has 0 saturated carbocycles. The number of likely N-dealkylation sites (tertiary alicyclic amines) is 1. The summed E-state index contributed by atoms with van der Waals surface area (Å²) >= 11 is 0. The Labute approximate surface area is 200 Å². The lowest BCUT2D eigenvalue weighted by Gasteiger charge is -2.37. The van der Waals surface area contributed by atoms with E-state index < -0.39 is 18.0 Å². The van der Waals surface area contributed by atoms with Gasteiger partial charge in [-0.2, -0.15) is 0 Å². The number of piperidine rings is 1. The first kappa shape index (κ1) is 23.8. The molecule has 1 aliphatic heterocycles. The number of benzene rings is 2. The first-order valence-electron chi connectivity index (χ1n) is 12.0. The molecule has 0 spiro atoms. The normalized spacial score (nSPS) is 20.2. The fourth-order valence-electron chi connectivity index (χ4n) is 5.20. The number of nitrogens with zero attached hydrogens (tertiary/aromatic N) is 1. The largest absolute Gasteiger partial charge is 0.481 e. The maximum Gasteiger partial charge on any atom is 0.407 e. The van der Waals surface area contributed by atoms with Crippen molar-refractivity contribution in [3.63, 3.8) is 0 Å². The molecular weight excluding hydrogens is 432 g/mol. The summed E-state index contributed by atoms with van der Waals surface area (Å²) in [5.41, 5.74) is 4.64. The number of carbonyl (C=O) groups is 3. The molecule has 0 radical (unpaired) electrons. The van der Waals surface area contributed by atoms with Gasteiger partial charge in [-0.3, -0.25) is 9.59 Å². The maximum absolute atomic E-state index is 12.9. The third-order valence-corrected chi connectivity index (χ3v) is 7.13. The van der Waals surface area contributed by atoms with E-state index >= 15 is 0 Å². The van der Waals surface area contributed by atoms with Gasteiger partial charge >= 0.3 is 12.1 Å². The van der Waals surface area contributed by atoms with Gasteiger partial charge in [0.1, 0.15) is 6.61 Å². The molecule has 7 nitrogen and oxygen atoms in total. The molecule has 2 aliphatic rings. The second-order valence-corrected chi connectivity index (χ2v) is 9.27. The van der Waals surface area contributed by atoms with Crippen LogP contribution in [0, 0.1) is 5.92 Å². The van der Waals surface area contributed by atoms with Gasteiger partial charge in [-0.25, -0.2) is 4.79 Å². The minimum Gasteiger partial charge on any atom is -0.481 e. The Morgan fingerprint density at radius 1 is 1.09 bits per heavy atom. The molecule has 1 aliphatic carbocycles. The SMILES string of the molecule is CC[C@H](CC(=O)N1CC[C@@H](C(=O)O)C[C@H]1C)NC(=O)OCC1c2ccccc2-c2ccccc21. The lowest BCUT2D eigenvalue weighted by atomic mass is 9.91. The van der Waals surface area contributed by atoms with Crippen molar-refractivity contribution in [3.05, 3.63) is 59.7 Å². The summed E-state index contributed by atoms with van der Waals surface area (Å²) in [7, 11) is 0.